The molecule has 0 atom stereocenters. The van der Waals surface area contributed by atoms with Gasteiger partial charge in [0.05, 0.1) is 0 Å². The van der Waals surface area contributed by atoms with E-state index in [1.807, 2.05) is 0 Å². The van der Waals surface area contributed by atoms with Crippen molar-refractivity contribution in [1.82, 2.24) is 5.32 Å². The molecule has 0 saturated carbocycles. The van der Waals surface area contributed by atoms with Crippen LogP contribution in [0.1, 0.15) is 10.4 Å². The first-order chi connectivity index (χ1) is 6.65. The highest BCUT2D eigenvalue weighted by Crippen LogP contribution is 2.08. The number of hydrogen-bond donors (Lipinski definition) is 1. The van der Waals surface area contributed by atoms with Gasteiger partial charge in [0.15, 0.2) is 11.6 Å². The molecule has 0 saturated heterocycles. The van der Waals surface area contributed by atoms with Crippen LogP contribution in [0.5, 0.6) is 0 Å². The van der Waals surface area contributed by atoms with Gasteiger partial charge in [0, 0.05) is 12.7 Å². The molecule has 0 fully saturated rings. The van der Waals surface area contributed by atoms with E-state index < -0.39 is 17.5 Å². The van der Waals surface area contributed by atoms with Gasteiger partial charge in [0.1, 0.15) is 6.73 Å². The molecule has 0 aliphatic carbocycles. The summed E-state index contributed by atoms with van der Waals surface area (Å²) in [6.45, 7) is 0.0256. The van der Waals surface area contributed by atoms with Gasteiger partial charge in [-0.25, -0.2) is 8.78 Å². The van der Waals surface area contributed by atoms with Crippen LogP contribution in [-0.2, 0) is 4.74 Å². The predicted molar refractivity (Wildman–Crippen MR) is 45.7 cm³/mol. The molecule has 14 heavy (non-hydrogen) atoms. The quantitative estimate of drug-likeness (QED) is 0.748. The number of methoxy groups -OCH3 is 1. The maximum atomic E-state index is 12.7. The zero-order chi connectivity index (χ0) is 10.6. The van der Waals surface area contributed by atoms with Gasteiger partial charge >= 0.3 is 0 Å². The van der Waals surface area contributed by atoms with E-state index in [4.69, 9.17) is 0 Å². The third kappa shape index (κ3) is 2.50. The van der Waals surface area contributed by atoms with Crippen LogP contribution >= 0.6 is 0 Å². The Labute approximate surface area is 79.7 Å². The van der Waals surface area contributed by atoms with Crippen LogP contribution in [0.25, 0.3) is 0 Å². The summed E-state index contributed by atoms with van der Waals surface area (Å²) in [4.78, 5) is 11.2. The minimum Gasteiger partial charge on any atom is -0.364 e. The Hall–Kier alpha value is -1.49. The highest BCUT2D eigenvalue weighted by molar-refractivity contribution is 5.94. The summed E-state index contributed by atoms with van der Waals surface area (Å²) < 4.78 is 29.7. The van der Waals surface area contributed by atoms with E-state index in [0.717, 1.165) is 12.1 Å². The van der Waals surface area contributed by atoms with Gasteiger partial charge in [-0.2, -0.15) is 0 Å². The Bertz CT molecular complexity index is 342. The van der Waals surface area contributed by atoms with E-state index in [9.17, 15) is 13.6 Å². The third-order valence-corrected chi connectivity index (χ3v) is 1.56. The summed E-state index contributed by atoms with van der Waals surface area (Å²) in [5.74, 6) is -2.53. The summed E-state index contributed by atoms with van der Waals surface area (Å²) in [6, 6.07) is 2.93. The maximum absolute atomic E-state index is 12.7. The van der Waals surface area contributed by atoms with Crippen molar-refractivity contribution in [3.05, 3.63) is 35.4 Å². The molecule has 0 aliphatic heterocycles. The number of carbonyl (C=O) groups is 1. The topological polar surface area (TPSA) is 38.3 Å². The van der Waals surface area contributed by atoms with Crippen molar-refractivity contribution < 1.29 is 18.3 Å². The third-order valence-electron chi connectivity index (χ3n) is 1.56. The zero-order valence-electron chi connectivity index (χ0n) is 7.51. The van der Waals surface area contributed by atoms with Gasteiger partial charge < -0.3 is 10.1 Å². The molecule has 1 rings (SSSR count). The van der Waals surface area contributed by atoms with E-state index in [0.29, 0.717) is 0 Å². The Morgan fingerprint density at radius 1 is 1.43 bits per heavy atom. The molecular weight excluding hydrogens is 192 g/mol. The number of ether oxygens (including phenoxy) is 1. The lowest BCUT2D eigenvalue weighted by Crippen LogP contribution is -2.25. The van der Waals surface area contributed by atoms with Gasteiger partial charge in [-0.3, -0.25) is 4.79 Å². The van der Waals surface area contributed by atoms with Crippen molar-refractivity contribution >= 4 is 5.91 Å². The molecular formula is C9H9F2NO2. The van der Waals surface area contributed by atoms with Crippen molar-refractivity contribution in [2.75, 3.05) is 13.8 Å². The van der Waals surface area contributed by atoms with Crippen molar-refractivity contribution in [2.45, 2.75) is 0 Å². The molecule has 0 spiro atoms. The van der Waals surface area contributed by atoms with E-state index >= 15 is 0 Å². The monoisotopic (exact) mass is 201 g/mol. The van der Waals surface area contributed by atoms with Gasteiger partial charge in [0.25, 0.3) is 5.91 Å². The Morgan fingerprint density at radius 2 is 2.14 bits per heavy atom. The summed E-state index contributed by atoms with van der Waals surface area (Å²) in [6.07, 6.45) is 0. The van der Waals surface area contributed by atoms with Crippen molar-refractivity contribution in [3.8, 4) is 0 Å². The van der Waals surface area contributed by atoms with Crippen molar-refractivity contribution in [2.24, 2.45) is 0 Å². The minimum absolute atomic E-state index is 0.0256. The lowest BCUT2D eigenvalue weighted by atomic mass is 10.2. The van der Waals surface area contributed by atoms with Crippen molar-refractivity contribution in [3.63, 3.8) is 0 Å². The molecule has 76 valence electrons. The number of nitrogens with one attached hydrogen (secondary N) is 1. The highest BCUT2D eigenvalue weighted by atomic mass is 19.2. The lowest BCUT2D eigenvalue weighted by Gasteiger charge is -2.03. The molecule has 0 aromatic heterocycles. The zero-order valence-corrected chi connectivity index (χ0v) is 7.51. The van der Waals surface area contributed by atoms with Crippen LogP contribution in [0.2, 0.25) is 0 Å². The molecule has 0 aliphatic rings. The molecule has 0 bridgehead atoms. The molecule has 1 aromatic rings. The average molecular weight is 201 g/mol. The van der Waals surface area contributed by atoms with Gasteiger partial charge in [-0.05, 0) is 18.2 Å². The number of halogens is 2. The largest absolute Gasteiger partial charge is 0.364 e. The van der Waals surface area contributed by atoms with Crippen molar-refractivity contribution in [1.29, 1.82) is 0 Å². The standard InChI is InChI=1S/C9H9F2NO2/c1-14-5-12-9(13)6-2-3-7(10)8(11)4-6/h2-4H,5H2,1H3,(H,12,13). The number of carbonyl (C=O) groups excluding carboxylic acids is 1. The highest BCUT2D eigenvalue weighted by Gasteiger charge is 2.08. The molecule has 1 amide bonds. The average Bonchev–Trinajstić information content (AvgIpc) is 2.18. The van der Waals surface area contributed by atoms with E-state index in [1.54, 1.807) is 0 Å². The molecule has 1 N–H and O–H groups in total. The fourth-order valence-corrected chi connectivity index (χ4v) is 0.877. The number of benzene rings is 1. The van der Waals surface area contributed by atoms with Gasteiger partial charge in [-0.1, -0.05) is 0 Å². The molecule has 1 aromatic carbocycles. The Morgan fingerprint density at radius 3 is 2.71 bits per heavy atom. The van der Waals surface area contributed by atoms with Gasteiger partial charge in [0.2, 0.25) is 0 Å². The van der Waals surface area contributed by atoms with Gasteiger partial charge in [-0.15, -0.1) is 0 Å². The van der Waals surface area contributed by atoms with Crippen LogP contribution < -0.4 is 5.32 Å². The predicted octanol–water partition coefficient (Wildman–Crippen LogP) is 1.30. The second-order valence-corrected chi connectivity index (χ2v) is 2.57. The Kier molecular flexibility index (Phi) is 3.53. The Balaban J connectivity index is 2.76. The van der Waals surface area contributed by atoms with E-state index in [-0.39, 0.29) is 12.3 Å². The van der Waals surface area contributed by atoms with Crippen LogP contribution in [-0.4, -0.2) is 19.7 Å². The molecule has 0 unspecified atom stereocenters. The number of amides is 1. The molecule has 5 heteroatoms. The smallest absolute Gasteiger partial charge is 0.253 e. The van der Waals surface area contributed by atoms with E-state index in [1.165, 1.54) is 13.2 Å². The molecule has 0 heterocycles. The summed E-state index contributed by atoms with van der Waals surface area (Å²) in [5.41, 5.74) is 0.0564. The second-order valence-electron chi connectivity index (χ2n) is 2.57. The summed E-state index contributed by atoms with van der Waals surface area (Å²) in [7, 11) is 1.41. The fourth-order valence-electron chi connectivity index (χ4n) is 0.877. The van der Waals surface area contributed by atoms with E-state index in [2.05, 4.69) is 10.1 Å². The summed E-state index contributed by atoms with van der Waals surface area (Å²) >= 11 is 0. The number of hydrogen-bond acceptors (Lipinski definition) is 2. The van der Waals surface area contributed by atoms with Crippen LogP contribution in [0, 0.1) is 11.6 Å². The maximum Gasteiger partial charge on any atom is 0.253 e. The molecule has 0 radical (unpaired) electrons. The first kappa shape index (κ1) is 10.6. The lowest BCUT2D eigenvalue weighted by molar-refractivity contribution is 0.0871. The first-order valence-corrected chi connectivity index (χ1v) is 3.87. The summed E-state index contributed by atoms with van der Waals surface area (Å²) in [5, 5.41) is 2.35. The second kappa shape index (κ2) is 4.66. The van der Waals surface area contributed by atoms with Crippen LogP contribution in [0.4, 0.5) is 8.78 Å². The fraction of sp³-hybridized carbons (Fsp3) is 0.222. The first-order valence-electron chi connectivity index (χ1n) is 3.87. The normalized spacial score (nSPS) is 9.93. The van der Waals surface area contributed by atoms with Crippen LogP contribution in [0.3, 0.4) is 0 Å². The number of rotatable bonds is 3. The minimum atomic E-state index is -1.05. The SMILES string of the molecule is COCNC(=O)c1ccc(F)c(F)c1. The molecule has 3 nitrogen and oxygen atoms in total. The van der Waals surface area contributed by atoms with Crippen LogP contribution in [0.15, 0.2) is 18.2 Å².